The molecule has 3 aromatic rings. The van der Waals surface area contributed by atoms with Gasteiger partial charge in [0.05, 0.1) is 12.1 Å². The molecule has 2 aromatic heterocycles. The molecule has 19 heavy (non-hydrogen) atoms. The second-order valence-electron chi connectivity index (χ2n) is 4.18. The summed E-state index contributed by atoms with van der Waals surface area (Å²) in [6.07, 6.45) is 0. The zero-order valence-electron chi connectivity index (χ0n) is 10.6. The lowest BCUT2D eigenvalue weighted by Gasteiger charge is -1.98. The second-order valence-corrected chi connectivity index (χ2v) is 4.18. The van der Waals surface area contributed by atoms with Crippen LogP contribution in [0.15, 0.2) is 40.9 Å². The fraction of sp³-hybridized carbons (Fsp3) is 0.214. The minimum absolute atomic E-state index is 0.527. The number of nitrogens with zero attached hydrogens (tertiary/aromatic N) is 3. The van der Waals surface area contributed by atoms with Gasteiger partial charge in [-0.25, -0.2) is 4.98 Å². The van der Waals surface area contributed by atoms with Gasteiger partial charge in [0, 0.05) is 5.39 Å². The Balaban J connectivity index is 1.92. The molecule has 5 nitrogen and oxygen atoms in total. The van der Waals surface area contributed by atoms with Crippen molar-refractivity contribution in [2.45, 2.75) is 13.5 Å². The number of rotatable bonds is 4. The van der Waals surface area contributed by atoms with Gasteiger partial charge in [-0.15, -0.1) is 0 Å². The number of hydrogen-bond acceptors (Lipinski definition) is 5. The van der Waals surface area contributed by atoms with Crippen LogP contribution in [0.4, 0.5) is 0 Å². The standard InChI is InChI=1S/C14H14N4O/c1-2-15-9-13-17-14(18-19-13)12-8-7-10-5-3-4-6-11(10)16-12/h3-8,15H,2,9H2,1H3. The molecule has 0 atom stereocenters. The molecule has 5 heteroatoms. The summed E-state index contributed by atoms with van der Waals surface area (Å²) in [4.78, 5) is 8.86. The zero-order chi connectivity index (χ0) is 13.1. The van der Waals surface area contributed by atoms with Crippen LogP contribution in [0.3, 0.4) is 0 Å². The Morgan fingerprint density at radius 1 is 1.11 bits per heavy atom. The molecule has 0 radical (unpaired) electrons. The third-order valence-corrected chi connectivity index (χ3v) is 2.82. The maximum absolute atomic E-state index is 5.17. The molecule has 0 fully saturated rings. The molecule has 0 aliphatic carbocycles. The van der Waals surface area contributed by atoms with Gasteiger partial charge in [-0.2, -0.15) is 4.98 Å². The quantitative estimate of drug-likeness (QED) is 0.774. The first kappa shape index (κ1) is 11.8. The second kappa shape index (κ2) is 5.16. The summed E-state index contributed by atoms with van der Waals surface area (Å²) < 4.78 is 5.17. The predicted octanol–water partition coefficient (Wildman–Crippen LogP) is 2.39. The molecule has 96 valence electrons. The highest BCUT2D eigenvalue weighted by Crippen LogP contribution is 2.18. The maximum Gasteiger partial charge on any atom is 0.240 e. The van der Waals surface area contributed by atoms with Crippen LogP contribution in [0.25, 0.3) is 22.4 Å². The summed E-state index contributed by atoms with van der Waals surface area (Å²) in [5.41, 5.74) is 1.66. The Hall–Kier alpha value is -2.27. The molecule has 3 rings (SSSR count). The van der Waals surface area contributed by atoms with Crippen LogP contribution in [-0.4, -0.2) is 21.7 Å². The van der Waals surface area contributed by atoms with Crippen LogP contribution in [0.5, 0.6) is 0 Å². The lowest BCUT2D eigenvalue weighted by molar-refractivity contribution is 0.369. The Morgan fingerprint density at radius 2 is 2.00 bits per heavy atom. The van der Waals surface area contributed by atoms with E-state index in [1.54, 1.807) is 0 Å². The van der Waals surface area contributed by atoms with Crippen molar-refractivity contribution in [2.75, 3.05) is 6.54 Å². The van der Waals surface area contributed by atoms with Crippen LogP contribution in [-0.2, 0) is 6.54 Å². The molecule has 0 aliphatic heterocycles. The number of para-hydroxylation sites is 1. The summed E-state index contributed by atoms with van der Waals surface area (Å²) >= 11 is 0. The molecule has 0 aliphatic rings. The maximum atomic E-state index is 5.17. The highest BCUT2D eigenvalue weighted by atomic mass is 16.5. The Morgan fingerprint density at radius 3 is 2.89 bits per heavy atom. The fourth-order valence-electron chi connectivity index (χ4n) is 1.85. The van der Waals surface area contributed by atoms with Gasteiger partial charge in [0.2, 0.25) is 11.7 Å². The van der Waals surface area contributed by atoms with Crippen LogP contribution in [0, 0.1) is 0 Å². The highest BCUT2D eigenvalue weighted by Gasteiger charge is 2.09. The van der Waals surface area contributed by atoms with Crippen molar-refractivity contribution in [3.8, 4) is 11.5 Å². The molecule has 0 amide bonds. The molecule has 1 N–H and O–H groups in total. The Kier molecular flexibility index (Phi) is 3.20. The van der Waals surface area contributed by atoms with E-state index in [0.717, 1.165) is 23.1 Å². The first-order valence-corrected chi connectivity index (χ1v) is 6.26. The Labute approximate surface area is 110 Å². The average molecular weight is 254 g/mol. The van der Waals surface area contributed by atoms with Crippen molar-refractivity contribution in [3.63, 3.8) is 0 Å². The van der Waals surface area contributed by atoms with E-state index < -0.39 is 0 Å². The van der Waals surface area contributed by atoms with Gasteiger partial charge in [-0.3, -0.25) is 0 Å². The van der Waals surface area contributed by atoms with Crippen molar-refractivity contribution < 1.29 is 4.52 Å². The average Bonchev–Trinajstić information content (AvgIpc) is 2.93. The van der Waals surface area contributed by atoms with Crippen molar-refractivity contribution in [1.29, 1.82) is 0 Å². The van der Waals surface area contributed by atoms with E-state index in [-0.39, 0.29) is 0 Å². The lowest BCUT2D eigenvalue weighted by atomic mass is 10.2. The summed E-state index contributed by atoms with van der Waals surface area (Å²) in [5, 5.41) is 8.20. The summed E-state index contributed by atoms with van der Waals surface area (Å²) in [5.74, 6) is 1.10. The smallest absolute Gasteiger partial charge is 0.240 e. The number of pyridine rings is 1. The van der Waals surface area contributed by atoms with Gasteiger partial charge in [-0.1, -0.05) is 36.3 Å². The topological polar surface area (TPSA) is 63.8 Å². The van der Waals surface area contributed by atoms with Crippen molar-refractivity contribution >= 4 is 10.9 Å². The van der Waals surface area contributed by atoms with Gasteiger partial charge < -0.3 is 9.84 Å². The van der Waals surface area contributed by atoms with E-state index in [1.165, 1.54) is 0 Å². The first-order chi connectivity index (χ1) is 9.36. The number of nitrogens with one attached hydrogen (secondary N) is 1. The predicted molar refractivity (Wildman–Crippen MR) is 72.4 cm³/mol. The lowest BCUT2D eigenvalue weighted by Crippen LogP contribution is -2.11. The minimum atomic E-state index is 0.527. The zero-order valence-corrected chi connectivity index (χ0v) is 10.6. The minimum Gasteiger partial charge on any atom is -0.337 e. The van der Waals surface area contributed by atoms with Gasteiger partial charge in [0.15, 0.2) is 0 Å². The van der Waals surface area contributed by atoms with E-state index in [1.807, 2.05) is 43.3 Å². The normalized spacial score (nSPS) is 11.0. The van der Waals surface area contributed by atoms with Crippen molar-refractivity contribution in [1.82, 2.24) is 20.4 Å². The number of fused-ring (bicyclic) bond motifs is 1. The van der Waals surface area contributed by atoms with Crippen LogP contribution >= 0.6 is 0 Å². The third kappa shape index (κ3) is 2.46. The van der Waals surface area contributed by atoms with Gasteiger partial charge in [0.1, 0.15) is 5.69 Å². The molecule has 0 saturated carbocycles. The van der Waals surface area contributed by atoms with E-state index >= 15 is 0 Å². The first-order valence-electron chi connectivity index (χ1n) is 6.26. The van der Waals surface area contributed by atoms with Gasteiger partial charge in [-0.05, 0) is 18.7 Å². The van der Waals surface area contributed by atoms with E-state index in [4.69, 9.17) is 4.52 Å². The number of benzene rings is 1. The Bertz CT molecular complexity index is 692. The molecule has 1 aromatic carbocycles. The van der Waals surface area contributed by atoms with E-state index in [9.17, 15) is 0 Å². The monoisotopic (exact) mass is 254 g/mol. The largest absolute Gasteiger partial charge is 0.337 e. The third-order valence-electron chi connectivity index (χ3n) is 2.82. The molecule has 0 spiro atoms. The van der Waals surface area contributed by atoms with E-state index in [0.29, 0.717) is 18.3 Å². The van der Waals surface area contributed by atoms with Crippen LogP contribution < -0.4 is 5.32 Å². The molecule has 0 bridgehead atoms. The van der Waals surface area contributed by atoms with Crippen molar-refractivity contribution in [3.05, 3.63) is 42.3 Å². The van der Waals surface area contributed by atoms with Crippen molar-refractivity contribution in [2.24, 2.45) is 0 Å². The molecular weight excluding hydrogens is 240 g/mol. The molecule has 0 unspecified atom stereocenters. The van der Waals surface area contributed by atoms with Gasteiger partial charge in [0.25, 0.3) is 0 Å². The molecule has 2 heterocycles. The number of hydrogen-bond donors (Lipinski definition) is 1. The summed E-state index contributed by atoms with van der Waals surface area (Å²) in [6, 6.07) is 11.9. The van der Waals surface area contributed by atoms with Gasteiger partial charge >= 0.3 is 0 Å². The SMILES string of the molecule is CCNCc1nc(-c2ccc3ccccc3n2)no1. The molecule has 0 saturated heterocycles. The molecular formula is C14H14N4O. The van der Waals surface area contributed by atoms with Crippen LogP contribution in [0.2, 0.25) is 0 Å². The van der Waals surface area contributed by atoms with E-state index in [2.05, 4.69) is 20.4 Å². The van der Waals surface area contributed by atoms with Crippen LogP contribution in [0.1, 0.15) is 12.8 Å². The highest BCUT2D eigenvalue weighted by molar-refractivity contribution is 5.80. The summed E-state index contributed by atoms with van der Waals surface area (Å²) in [6.45, 7) is 3.48. The number of aromatic nitrogens is 3. The summed E-state index contributed by atoms with van der Waals surface area (Å²) in [7, 11) is 0. The fourth-order valence-corrected chi connectivity index (χ4v) is 1.85.